The van der Waals surface area contributed by atoms with Crippen LogP contribution in [0.4, 0.5) is 0 Å². The normalized spacial score (nSPS) is 11.0. The zero-order chi connectivity index (χ0) is 25.4. The molecule has 9 heteroatoms. The average Bonchev–Trinajstić information content (AvgIpc) is 2.87. The Morgan fingerprint density at radius 1 is 0.750 bits per heavy atom. The van der Waals surface area contributed by atoms with Crippen LogP contribution in [0.15, 0.2) is 89.6 Å². The van der Waals surface area contributed by atoms with Crippen LogP contribution in [0.2, 0.25) is 0 Å². The van der Waals surface area contributed by atoms with Gasteiger partial charge in [-0.2, -0.15) is 0 Å². The molecule has 0 amide bonds. The van der Waals surface area contributed by atoms with E-state index in [9.17, 15) is 14.4 Å². The van der Waals surface area contributed by atoms with Gasteiger partial charge in [-0.25, -0.2) is 14.4 Å². The summed E-state index contributed by atoms with van der Waals surface area (Å²) in [5.74, 6) is 0.336. The van der Waals surface area contributed by atoms with Crippen molar-refractivity contribution in [3.8, 4) is 28.4 Å². The molecule has 0 N–H and O–H groups in total. The van der Waals surface area contributed by atoms with Gasteiger partial charge in [-0.1, -0.05) is 15.9 Å². The van der Waals surface area contributed by atoms with E-state index < -0.39 is 17.2 Å². The number of hydrogen-bond donors (Lipinski definition) is 0. The second-order valence-electron chi connectivity index (χ2n) is 7.76. The maximum absolute atomic E-state index is 12.8. The second kappa shape index (κ2) is 9.35. The van der Waals surface area contributed by atoms with Crippen molar-refractivity contribution >= 4 is 43.8 Å². The molecule has 2 heterocycles. The number of fused-ring (bicyclic) bond motifs is 2. The molecule has 3 aromatic carbocycles. The van der Waals surface area contributed by atoms with Crippen molar-refractivity contribution in [3.63, 3.8) is 0 Å². The van der Waals surface area contributed by atoms with Gasteiger partial charge in [0.15, 0.2) is 0 Å². The summed E-state index contributed by atoms with van der Waals surface area (Å²) in [6, 6.07) is 17.4. The highest BCUT2D eigenvalue weighted by molar-refractivity contribution is 9.10. The average molecular weight is 549 g/mol. The largest absolute Gasteiger partial charge is 0.497 e. The van der Waals surface area contributed by atoms with Gasteiger partial charge in [-0.05, 0) is 48.5 Å². The number of hydrogen-bond acceptors (Lipinski definition) is 8. The van der Waals surface area contributed by atoms with Gasteiger partial charge in [0.1, 0.15) is 28.4 Å². The minimum atomic E-state index is -0.674. The lowest BCUT2D eigenvalue weighted by Crippen LogP contribution is -2.09. The van der Waals surface area contributed by atoms with E-state index in [0.717, 1.165) is 4.47 Å². The number of halogens is 1. The first-order valence-electron chi connectivity index (χ1n) is 10.6. The lowest BCUT2D eigenvalue weighted by molar-refractivity contribution is 0.0734. The molecule has 8 nitrogen and oxygen atoms in total. The van der Waals surface area contributed by atoms with Gasteiger partial charge in [0.05, 0.1) is 25.3 Å². The lowest BCUT2D eigenvalue weighted by atomic mass is 10.0. The van der Waals surface area contributed by atoms with Crippen LogP contribution in [-0.2, 0) is 0 Å². The van der Waals surface area contributed by atoms with Gasteiger partial charge >= 0.3 is 17.2 Å². The molecule has 0 atom stereocenters. The molecule has 2 aromatic heterocycles. The van der Waals surface area contributed by atoms with Crippen LogP contribution in [0.1, 0.15) is 10.4 Å². The van der Waals surface area contributed by atoms with E-state index in [1.54, 1.807) is 42.5 Å². The number of carbonyl (C=O) groups excluding carboxylic acids is 1. The highest BCUT2D eigenvalue weighted by Gasteiger charge is 2.17. The molecule has 0 radical (unpaired) electrons. The molecule has 5 rings (SSSR count). The predicted molar refractivity (Wildman–Crippen MR) is 136 cm³/mol. The van der Waals surface area contributed by atoms with Crippen LogP contribution in [0.5, 0.6) is 17.2 Å². The molecule has 0 saturated carbocycles. The smallest absolute Gasteiger partial charge is 0.344 e. The fourth-order valence-corrected chi connectivity index (χ4v) is 4.18. The van der Waals surface area contributed by atoms with Crippen molar-refractivity contribution in [1.29, 1.82) is 0 Å². The maximum atomic E-state index is 12.8. The molecule has 0 aliphatic rings. The Morgan fingerprint density at radius 2 is 1.50 bits per heavy atom. The minimum absolute atomic E-state index is 0.139. The number of benzene rings is 3. The van der Waals surface area contributed by atoms with E-state index in [-0.39, 0.29) is 22.5 Å². The quantitative estimate of drug-likeness (QED) is 0.159. The fourth-order valence-electron chi connectivity index (χ4n) is 3.80. The highest BCUT2D eigenvalue weighted by Crippen LogP contribution is 2.31. The Morgan fingerprint density at radius 3 is 2.22 bits per heavy atom. The second-order valence-corrected chi connectivity index (χ2v) is 8.67. The fraction of sp³-hybridized carbons (Fsp3) is 0.0741. The molecule has 180 valence electrons. The first-order chi connectivity index (χ1) is 17.3. The third-order valence-corrected chi connectivity index (χ3v) is 5.99. The third kappa shape index (κ3) is 4.48. The van der Waals surface area contributed by atoms with Gasteiger partial charge in [0, 0.05) is 39.0 Å². The molecule has 0 saturated heterocycles. The number of esters is 1. The summed E-state index contributed by atoms with van der Waals surface area (Å²) >= 11 is 3.40. The molecule has 36 heavy (non-hydrogen) atoms. The van der Waals surface area contributed by atoms with Crippen LogP contribution < -0.4 is 25.5 Å². The van der Waals surface area contributed by atoms with Gasteiger partial charge in [0.2, 0.25) is 0 Å². The SMILES string of the molecule is COc1cc(OC)cc(C(=O)Oc2ccc3c(-c4cc5cc(Br)ccc5oc4=O)cc(=O)oc3c2)c1. The summed E-state index contributed by atoms with van der Waals surface area (Å²) in [5, 5.41) is 1.15. The molecule has 0 fully saturated rings. The summed E-state index contributed by atoms with van der Waals surface area (Å²) < 4.78 is 27.5. The molecule has 0 unspecified atom stereocenters. The third-order valence-electron chi connectivity index (χ3n) is 5.50. The molecular weight excluding hydrogens is 532 g/mol. The predicted octanol–water partition coefficient (Wildman–Crippen LogP) is 5.57. The van der Waals surface area contributed by atoms with E-state index in [1.807, 2.05) is 0 Å². The first-order valence-corrected chi connectivity index (χ1v) is 11.4. The molecule has 0 spiro atoms. The van der Waals surface area contributed by atoms with E-state index in [0.29, 0.717) is 33.4 Å². The van der Waals surface area contributed by atoms with Crippen molar-refractivity contribution in [2.75, 3.05) is 14.2 Å². The van der Waals surface area contributed by atoms with Crippen LogP contribution >= 0.6 is 15.9 Å². The Kier molecular flexibility index (Phi) is 6.07. The van der Waals surface area contributed by atoms with Gasteiger partial charge in [0.25, 0.3) is 0 Å². The van der Waals surface area contributed by atoms with Crippen LogP contribution in [0.25, 0.3) is 33.1 Å². The number of carbonyl (C=O) groups is 1. The van der Waals surface area contributed by atoms with Gasteiger partial charge in [-0.3, -0.25) is 0 Å². The Hall–Kier alpha value is -4.37. The van der Waals surface area contributed by atoms with Crippen molar-refractivity contribution in [2.24, 2.45) is 0 Å². The van der Waals surface area contributed by atoms with Crippen molar-refractivity contribution < 1.29 is 27.8 Å². The van der Waals surface area contributed by atoms with E-state index in [2.05, 4.69) is 15.9 Å². The van der Waals surface area contributed by atoms with Crippen molar-refractivity contribution in [2.45, 2.75) is 0 Å². The van der Waals surface area contributed by atoms with Crippen LogP contribution in [0.3, 0.4) is 0 Å². The van der Waals surface area contributed by atoms with Crippen LogP contribution in [-0.4, -0.2) is 20.2 Å². The van der Waals surface area contributed by atoms with Gasteiger partial charge < -0.3 is 23.0 Å². The van der Waals surface area contributed by atoms with E-state index in [4.69, 9.17) is 23.0 Å². The molecule has 0 aliphatic carbocycles. The summed E-state index contributed by atoms with van der Waals surface area (Å²) in [6.07, 6.45) is 0. The summed E-state index contributed by atoms with van der Waals surface area (Å²) in [7, 11) is 2.95. The number of ether oxygens (including phenoxy) is 3. The monoisotopic (exact) mass is 548 g/mol. The van der Waals surface area contributed by atoms with Crippen molar-refractivity contribution in [3.05, 3.63) is 97.6 Å². The maximum Gasteiger partial charge on any atom is 0.344 e. The number of rotatable bonds is 5. The molecule has 0 aliphatic heterocycles. The Balaban J connectivity index is 1.56. The summed E-state index contributed by atoms with van der Waals surface area (Å²) in [6.45, 7) is 0. The zero-order valence-electron chi connectivity index (χ0n) is 19.0. The summed E-state index contributed by atoms with van der Waals surface area (Å²) in [5.41, 5.74) is 0.0363. The zero-order valence-corrected chi connectivity index (χ0v) is 20.6. The van der Waals surface area contributed by atoms with Crippen molar-refractivity contribution in [1.82, 2.24) is 0 Å². The Labute approximate surface area is 211 Å². The molecular formula is C27H17BrO8. The molecule has 0 bridgehead atoms. The standard InChI is InChI=1S/C27H17BrO8/c1-32-18-8-15(9-19(11-18)33-2)26(30)34-17-4-5-20-21(13-25(29)35-24(20)12-17)22-10-14-7-16(28)3-6-23(14)36-27(22)31/h3-13H,1-2H3. The number of methoxy groups -OCH3 is 2. The van der Waals surface area contributed by atoms with Gasteiger partial charge in [-0.15, -0.1) is 0 Å². The minimum Gasteiger partial charge on any atom is -0.497 e. The lowest BCUT2D eigenvalue weighted by Gasteiger charge is -2.10. The van der Waals surface area contributed by atoms with E-state index in [1.165, 1.54) is 38.5 Å². The Bertz CT molecular complexity index is 1740. The topological polar surface area (TPSA) is 105 Å². The first kappa shape index (κ1) is 23.4. The summed E-state index contributed by atoms with van der Waals surface area (Å²) in [4.78, 5) is 37.9. The molecule has 5 aromatic rings. The highest BCUT2D eigenvalue weighted by atomic mass is 79.9. The van der Waals surface area contributed by atoms with E-state index >= 15 is 0 Å². The van der Waals surface area contributed by atoms with Crippen LogP contribution in [0, 0.1) is 0 Å².